The first kappa shape index (κ1) is 14.6. The maximum atomic E-state index is 13.7. The minimum atomic E-state index is -0.543. The van der Waals surface area contributed by atoms with Gasteiger partial charge >= 0.3 is 0 Å². The summed E-state index contributed by atoms with van der Waals surface area (Å²) >= 11 is 1.63. The van der Waals surface area contributed by atoms with Crippen LogP contribution in [0.25, 0.3) is 0 Å². The van der Waals surface area contributed by atoms with Crippen molar-refractivity contribution in [3.63, 3.8) is 0 Å². The van der Waals surface area contributed by atoms with Gasteiger partial charge in [0.2, 0.25) is 0 Å². The monoisotopic (exact) mass is 308 g/mol. The van der Waals surface area contributed by atoms with Gasteiger partial charge in [0.1, 0.15) is 11.6 Å². The molecule has 2 nitrogen and oxygen atoms in total. The van der Waals surface area contributed by atoms with Crippen molar-refractivity contribution in [2.45, 2.75) is 45.2 Å². The molecule has 0 amide bonds. The lowest BCUT2D eigenvalue weighted by atomic mass is 10.1. The number of halogens is 2. The van der Waals surface area contributed by atoms with Crippen LogP contribution in [0.15, 0.2) is 18.2 Å². The normalized spacial score (nSPS) is 14.6. The molecule has 3 rings (SSSR count). The van der Waals surface area contributed by atoms with Gasteiger partial charge in [-0.2, -0.15) is 0 Å². The van der Waals surface area contributed by atoms with Gasteiger partial charge < -0.3 is 5.32 Å². The number of nitrogens with one attached hydrogen (secondary N) is 1. The highest BCUT2D eigenvalue weighted by Crippen LogP contribution is 2.25. The van der Waals surface area contributed by atoms with E-state index >= 15 is 0 Å². The molecule has 1 aromatic heterocycles. The smallest absolute Gasteiger partial charge is 0.129 e. The Kier molecular flexibility index (Phi) is 4.31. The van der Waals surface area contributed by atoms with Crippen molar-refractivity contribution in [3.8, 4) is 0 Å². The van der Waals surface area contributed by atoms with Gasteiger partial charge in [-0.1, -0.05) is 13.0 Å². The van der Waals surface area contributed by atoms with Crippen molar-refractivity contribution >= 4 is 11.3 Å². The molecule has 0 saturated heterocycles. The maximum Gasteiger partial charge on any atom is 0.129 e. The first-order valence-corrected chi connectivity index (χ1v) is 8.12. The molecule has 0 atom stereocenters. The predicted molar refractivity (Wildman–Crippen MR) is 80.5 cm³/mol. The van der Waals surface area contributed by atoms with Gasteiger partial charge in [0.05, 0.1) is 10.7 Å². The van der Waals surface area contributed by atoms with Crippen LogP contribution in [0, 0.1) is 11.6 Å². The second kappa shape index (κ2) is 6.20. The number of hydrogen-bond acceptors (Lipinski definition) is 3. The molecular weight excluding hydrogens is 290 g/mol. The summed E-state index contributed by atoms with van der Waals surface area (Å²) in [5.74, 6) is -1.04. The van der Waals surface area contributed by atoms with Gasteiger partial charge in [-0.3, -0.25) is 0 Å². The number of rotatable bonds is 6. The van der Waals surface area contributed by atoms with Crippen LogP contribution in [0.1, 0.15) is 40.9 Å². The van der Waals surface area contributed by atoms with Crippen LogP contribution in [0.5, 0.6) is 0 Å². The molecule has 1 aromatic carbocycles. The van der Waals surface area contributed by atoms with Gasteiger partial charge in [-0.25, -0.2) is 13.8 Å². The number of thiazole rings is 1. The minimum absolute atomic E-state index is 0.424. The second-order valence-corrected chi connectivity index (χ2v) is 6.57. The summed E-state index contributed by atoms with van der Waals surface area (Å²) in [7, 11) is 0. The summed E-state index contributed by atoms with van der Waals surface area (Å²) in [5.41, 5.74) is 1.58. The average Bonchev–Trinajstić information content (AvgIpc) is 3.20. The molecule has 1 heterocycles. The summed E-state index contributed by atoms with van der Waals surface area (Å²) < 4.78 is 26.6. The molecule has 1 aliphatic carbocycles. The van der Waals surface area contributed by atoms with E-state index < -0.39 is 11.6 Å². The second-order valence-electron chi connectivity index (χ2n) is 5.40. The summed E-state index contributed by atoms with van der Waals surface area (Å²) in [5, 5.41) is 4.38. The number of aromatic nitrogens is 1. The fourth-order valence-corrected chi connectivity index (χ4v) is 3.41. The molecule has 0 aliphatic heterocycles. The summed E-state index contributed by atoms with van der Waals surface area (Å²) in [6.07, 6.45) is 3.82. The number of nitrogens with zero attached hydrogens (tertiary/aromatic N) is 1. The van der Waals surface area contributed by atoms with Crippen LogP contribution in [-0.2, 0) is 19.4 Å². The van der Waals surface area contributed by atoms with Crippen LogP contribution in [0.2, 0.25) is 0 Å². The number of hydrogen-bond donors (Lipinski definition) is 1. The quantitative estimate of drug-likeness (QED) is 0.877. The van der Waals surface area contributed by atoms with Crippen molar-refractivity contribution in [3.05, 3.63) is 51.0 Å². The van der Waals surface area contributed by atoms with E-state index in [0.717, 1.165) is 29.7 Å². The predicted octanol–water partition coefficient (Wildman–Crippen LogP) is 3.83. The molecule has 112 valence electrons. The zero-order valence-corrected chi connectivity index (χ0v) is 12.8. The third kappa shape index (κ3) is 3.66. The van der Waals surface area contributed by atoms with E-state index in [9.17, 15) is 8.78 Å². The van der Waals surface area contributed by atoms with Gasteiger partial charge in [-0.05, 0) is 30.9 Å². The molecule has 0 bridgehead atoms. The molecule has 0 radical (unpaired) electrons. The van der Waals surface area contributed by atoms with Crippen LogP contribution in [0.4, 0.5) is 8.78 Å². The lowest BCUT2D eigenvalue weighted by Crippen LogP contribution is -2.15. The maximum absolute atomic E-state index is 13.7. The Balaban J connectivity index is 1.74. The van der Waals surface area contributed by atoms with Gasteiger partial charge in [0, 0.05) is 30.0 Å². The molecule has 1 N–H and O–H groups in total. The first-order chi connectivity index (χ1) is 10.2. The topological polar surface area (TPSA) is 24.9 Å². The Bertz CT molecular complexity index is 635. The molecule has 1 aliphatic rings. The third-order valence-electron chi connectivity index (χ3n) is 3.64. The summed E-state index contributed by atoms with van der Waals surface area (Å²) in [6.45, 7) is 2.93. The highest BCUT2D eigenvalue weighted by molar-refractivity contribution is 7.11. The zero-order chi connectivity index (χ0) is 14.8. The highest BCUT2D eigenvalue weighted by atomic mass is 32.1. The Morgan fingerprint density at radius 2 is 2.14 bits per heavy atom. The lowest BCUT2D eigenvalue weighted by molar-refractivity contribution is 0.574. The van der Waals surface area contributed by atoms with Crippen molar-refractivity contribution < 1.29 is 8.78 Å². The van der Waals surface area contributed by atoms with Crippen LogP contribution in [-0.4, -0.2) is 11.0 Å². The lowest BCUT2D eigenvalue weighted by Gasteiger charge is -2.01. The molecular formula is C16H18F2N2S. The van der Waals surface area contributed by atoms with Crippen LogP contribution >= 0.6 is 11.3 Å². The zero-order valence-electron chi connectivity index (χ0n) is 12.0. The van der Waals surface area contributed by atoms with Gasteiger partial charge in [0.15, 0.2) is 0 Å². The average molecular weight is 308 g/mol. The van der Waals surface area contributed by atoms with Crippen molar-refractivity contribution in [2.75, 3.05) is 0 Å². The van der Waals surface area contributed by atoms with E-state index in [0.29, 0.717) is 18.0 Å². The highest BCUT2D eigenvalue weighted by Gasteiger charge is 2.21. The Hall–Kier alpha value is -1.33. The fraction of sp³-hybridized carbons (Fsp3) is 0.438. The van der Waals surface area contributed by atoms with Gasteiger partial charge in [0.25, 0.3) is 0 Å². The van der Waals surface area contributed by atoms with Crippen LogP contribution in [0.3, 0.4) is 0 Å². The van der Waals surface area contributed by atoms with E-state index in [2.05, 4.69) is 17.2 Å². The van der Waals surface area contributed by atoms with E-state index in [1.54, 1.807) is 11.3 Å². The minimum Gasteiger partial charge on any atom is -0.309 e. The van der Waals surface area contributed by atoms with E-state index in [1.165, 1.54) is 29.9 Å². The SMILES string of the molecule is CCc1nc(Cc2ccc(F)cc2F)sc1CNC1CC1. The van der Waals surface area contributed by atoms with E-state index in [4.69, 9.17) is 0 Å². The van der Waals surface area contributed by atoms with Gasteiger partial charge in [-0.15, -0.1) is 11.3 Å². The van der Waals surface area contributed by atoms with Crippen molar-refractivity contribution in [1.82, 2.24) is 10.3 Å². The van der Waals surface area contributed by atoms with Crippen molar-refractivity contribution in [2.24, 2.45) is 0 Å². The standard InChI is InChI=1S/C16H18F2N2S/c1-2-14-15(9-19-12-5-6-12)21-16(20-14)7-10-3-4-11(17)8-13(10)18/h3-4,8,12,19H,2,5-7,9H2,1H3. The van der Waals surface area contributed by atoms with E-state index in [1.807, 2.05) is 0 Å². The third-order valence-corrected chi connectivity index (χ3v) is 4.74. The molecule has 21 heavy (non-hydrogen) atoms. The summed E-state index contributed by atoms with van der Waals surface area (Å²) in [4.78, 5) is 5.84. The molecule has 0 spiro atoms. The largest absolute Gasteiger partial charge is 0.309 e. The van der Waals surface area contributed by atoms with E-state index in [-0.39, 0.29) is 0 Å². The Morgan fingerprint density at radius 1 is 1.33 bits per heavy atom. The molecule has 5 heteroatoms. The Labute approximate surface area is 127 Å². The van der Waals surface area contributed by atoms with Crippen LogP contribution < -0.4 is 5.32 Å². The number of benzene rings is 1. The van der Waals surface area contributed by atoms with Crippen molar-refractivity contribution in [1.29, 1.82) is 0 Å². The fourth-order valence-electron chi connectivity index (χ4n) is 2.28. The molecule has 2 aromatic rings. The summed E-state index contributed by atoms with van der Waals surface area (Å²) in [6, 6.07) is 4.39. The molecule has 1 saturated carbocycles. The Morgan fingerprint density at radius 3 is 2.81 bits per heavy atom. The first-order valence-electron chi connectivity index (χ1n) is 7.30. The number of aryl methyl sites for hydroxylation is 1. The molecule has 0 unspecified atom stereocenters. The molecule has 1 fully saturated rings.